The molecule has 0 radical (unpaired) electrons. The molecule has 0 bridgehead atoms. The number of nitrogens with two attached hydrogens (primary N) is 1. The second-order valence-electron chi connectivity index (χ2n) is 5.65. The number of fused-ring (bicyclic) bond motifs is 1. The van der Waals surface area contributed by atoms with Crippen molar-refractivity contribution in [2.45, 2.75) is 38.8 Å². The molecule has 3 rings (SSSR count). The zero-order chi connectivity index (χ0) is 14.7. The van der Waals surface area contributed by atoms with Crippen LogP contribution in [-0.2, 0) is 19.4 Å². The molecule has 1 aliphatic rings. The zero-order valence-electron chi connectivity index (χ0n) is 12.4. The summed E-state index contributed by atoms with van der Waals surface area (Å²) in [5.41, 5.74) is 7.65. The van der Waals surface area contributed by atoms with Crippen molar-refractivity contribution in [2.75, 3.05) is 6.61 Å². The van der Waals surface area contributed by atoms with Gasteiger partial charge in [0.1, 0.15) is 17.9 Å². The normalized spacial score (nSPS) is 18.9. The molecule has 0 aliphatic carbocycles. The van der Waals surface area contributed by atoms with Gasteiger partial charge >= 0.3 is 0 Å². The van der Waals surface area contributed by atoms with Crippen molar-refractivity contribution in [3.8, 4) is 5.75 Å². The van der Waals surface area contributed by atoms with Crippen molar-refractivity contribution in [1.82, 2.24) is 14.8 Å². The Kier molecular flexibility index (Phi) is 4.20. The van der Waals surface area contributed by atoms with Crippen LogP contribution < -0.4 is 10.5 Å². The average Bonchev–Trinajstić information content (AvgIpc) is 2.94. The number of aromatic nitrogens is 3. The summed E-state index contributed by atoms with van der Waals surface area (Å²) in [7, 11) is 0. The minimum absolute atomic E-state index is 0.0400. The predicted molar refractivity (Wildman–Crippen MR) is 81.1 cm³/mol. The summed E-state index contributed by atoms with van der Waals surface area (Å²) in [6.07, 6.45) is 4.38. The number of hydrogen-bond donors (Lipinski definition) is 1. The van der Waals surface area contributed by atoms with E-state index in [0.29, 0.717) is 12.5 Å². The maximum absolute atomic E-state index is 6.40. The fourth-order valence-corrected chi connectivity index (χ4v) is 2.85. The topological polar surface area (TPSA) is 66.0 Å². The molecule has 2 atom stereocenters. The van der Waals surface area contributed by atoms with Gasteiger partial charge in [0.2, 0.25) is 0 Å². The molecule has 1 aromatic carbocycles. The van der Waals surface area contributed by atoms with E-state index >= 15 is 0 Å². The molecule has 2 N–H and O–H groups in total. The first-order valence-electron chi connectivity index (χ1n) is 7.61. The third kappa shape index (κ3) is 3.08. The largest absolute Gasteiger partial charge is 0.493 e. The lowest BCUT2D eigenvalue weighted by Gasteiger charge is -2.29. The maximum Gasteiger partial charge on any atom is 0.138 e. The van der Waals surface area contributed by atoms with Crippen LogP contribution in [0.5, 0.6) is 5.75 Å². The van der Waals surface area contributed by atoms with Crippen molar-refractivity contribution < 1.29 is 4.74 Å². The van der Waals surface area contributed by atoms with Gasteiger partial charge < -0.3 is 10.5 Å². The van der Waals surface area contributed by atoms with Gasteiger partial charge in [-0.1, -0.05) is 25.1 Å². The second kappa shape index (κ2) is 6.26. The number of hydrogen-bond acceptors (Lipinski definition) is 4. The first kappa shape index (κ1) is 14.1. The third-order valence-corrected chi connectivity index (χ3v) is 4.06. The Morgan fingerprint density at radius 1 is 1.43 bits per heavy atom. The van der Waals surface area contributed by atoms with Gasteiger partial charge in [-0.05, 0) is 24.5 Å². The first-order chi connectivity index (χ1) is 10.3. The number of benzene rings is 1. The third-order valence-electron chi connectivity index (χ3n) is 4.06. The standard InChI is InChI=1S/C16H22N4O/c1-2-7-20-16(18-11-19-20)9-14(17)13-8-12-5-3-4-6-15(12)21-10-13/h3-6,11,13-14H,2,7-10,17H2,1H3. The molecular formula is C16H22N4O. The van der Waals surface area contributed by atoms with Crippen LogP contribution in [0.3, 0.4) is 0 Å². The molecule has 0 spiro atoms. The van der Waals surface area contributed by atoms with Crippen molar-refractivity contribution >= 4 is 0 Å². The van der Waals surface area contributed by atoms with Crippen molar-refractivity contribution in [3.63, 3.8) is 0 Å². The van der Waals surface area contributed by atoms with Crippen LogP contribution in [0.1, 0.15) is 24.7 Å². The summed E-state index contributed by atoms with van der Waals surface area (Å²) < 4.78 is 7.79. The Morgan fingerprint density at radius 3 is 3.14 bits per heavy atom. The monoisotopic (exact) mass is 286 g/mol. The van der Waals surface area contributed by atoms with Gasteiger partial charge in [-0.3, -0.25) is 4.68 Å². The van der Waals surface area contributed by atoms with Crippen molar-refractivity contribution in [3.05, 3.63) is 42.0 Å². The number of rotatable bonds is 5. The summed E-state index contributed by atoms with van der Waals surface area (Å²) >= 11 is 0. The van der Waals surface area contributed by atoms with E-state index in [1.165, 1.54) is 5.56 Å². The van der Waals surface area contributed by atoms with Gasteiger partial charge in [-0.25, -0.2) is 4.98 Å². The molecule has 21 heavy (non-hydrogen) atoms. The summed E-state index contributed by atoms with van der Waals surface area (Å²) in [5.74, 6) is 2.30. The lowest BCUT2D eigenvalue weighted by atomic mass is 9.89. The van der Waals surface area contributed by atoms with Crippen LogP contribution in [-0.4, -0.2) is 27.4 Å². The molecule has 0 fully saturated rings. The smallest absolute Gasteiger partial charge is 0.138 e. The van der Waals surface area contributed by atoms with E-state index in [9.17, 15) is 0 Å². The lowest BCUT2D eigenvalue weighted by molar-refractivity contribution is 0.197. The Balaban J connectivity index is 1.66. The average molecular weight is 286 g/mol. The molecule has 1 aliphatic heterocycles. The van der Waals surface area contributed by atoms with Gasteiger partial charge in [-0.2, -0.15) is 5.10 Å². The first-order valence-corrected chi connectivity index (χ1v) is 7.61. The van der Waals surface area contributed by atoms with E-state index in [-0.39, 0.29) is 6.04 Å². The number of para-hydroxylation sites is 1. The molecule has 0 amide bonds. The van der Waals surface area contributed by atoms with E-state index in [0.717, 1.165) is 37.4 Å². The van der Waals surface area contributed by atoms with Crippen LogP contribution in [0.15, 0.2) is 30.6 Å². The molecule has 2 heterocycles. The van der Waals surface area contributed by atoms with Crippen LogP contribution in [0.2, 0.25) is 0 Å². The Morgan fingerprint density at radius 2 is 2.29 bits per heavy atom. The maximum atomic E-state index is 6.40. The molecule has 0 saturated heterocycles. The fourth-order valence-electron chi connectivity index (χ4n) is 2.85. The molecule has 2 unspecified atom stereocenters. The highest BCUT2D eigenvalue weighted by Gasteiger charge is 2.26. The molecule has 5 heteroatoms. The highest BCUT2D eigenvalue weighted by Crippen LogP contribution is 2.28. The molecule has 2 aromatic rings. The van der Waals surface area contributed by atoms with E-state index in [1.807, 2.05) is 22.9 Å². The fraction of sp³-hybridized carbons (Fsp3) is 0.500. The van der Waals surface area contributed by atoms with Gasteiger partial charge in [0.05, 0.1) is 6.61 Å². The van der Waals surface area contributed by atoms with Crippen LogP contribution >= 0.6 is 0 Å². The molecular weight excluding hydrogens is 264 g/mol. The second-order valence-corrected chi connectivity index (χ2v) is 5.65. The van der Waals surface area contributed by atoms with Crippen LogP contribution in [0.25, 0.3) is 0 Å². The van der Waals surface area contributed by atoms with Gasteiger partial charge in [0, 0.05) is 24.9 Å². The van der Waals surface area contributed by atoms with Crippen molar-refractivity contribution in [2.24, 2.45) is 11.7 Å². The van der Waals surface area contributed by atoms with E-state index in [1.54, 1.807) is 6.33 Å². The van der Waals surface area contributed by atoms with Gasteiger partial charge in [-0.15, -0.1) is 0 Å². The SMILES string of the molecule is CCCn1ncnc1CC(N)C1COc2ccccc2C1. The summed E-state index contributed by atoms with van der Waals surface area (Å²) in [4.78, 5) is 4.34. The summed E-state index contributed by atoms with van der Waals surface area (Å²) in [6.45, 7) is 3.71. The Labute approximate surface area is 125 Å². The van der Waals surface area contributed by atoms with Gasteiger partial charge in [0.15, 0.2) is 0 Å². The molecule has 5 nitrogen and oxygen atoms in total. The molecule has 112 valence electrons. The quantitative estimate of drug-likeness (QED) is 0.910. The van der Waals surface area contributed by atoms with E-state index in [4.69, 9.17) is 10.5 Å². The predicted octanol–water partition coefficient (Wildman–Crippen LogP) is 1.81. The molecule has 0 saturated carbocycles. The molecule has 1 aromatic heterocycles. The van der Waals surface area contributed by atoms with Crippen molar-refractivity contribution in [1.29, 1.82) is 0 Å². The van der Waals surface area contributed by atoms with Gasteiger partial charge in [0.25, 0.3) is 0 Å². The zero-order valence-corrected chi connectivity index (χ0v) is 12.4. The van der Waals surface area contributed by atoms with Crippen LogP contribution in [0, 0.1) is 5.92 Å². The number of aryl methyl sites for hydroxylation is 1. The Hall–Kier alpha value is -1.88. The highest BCUT2D eigenvalue weighted by atomic mass is 16.5. The van der Waals surface area contributed by atoms with E-state index in [2.05, 4.69) is 23.1 Å². The highest BCUT2D eigenvalue weighted by molar-refractivity contribution is 5.35. The number of nitrogens with zero attached hydrogens (tertiary/aromatic N) is 3. The lowest BCUT2D eigenvalue weighted by Crippen LogP contribution is -2.39. The Bertz CT molecular complexity index is 595. The summed E-state index contributed by atoms with van der Waals surface area (Å²) in [6, 6.07) is 8.24. The number of ether oxygens (including phenoxy) is 1. The van der Waals surface area contributed by atoms with Crippen LogP contribution in [0.4, 0.5) is 0 Å². The minimum atomic E-state index is 0.0400. The van der Waals surface area contributed by atoms with E-state index < -0.39 is 0 Å². The summed E-state index contributed by atoms with van der Waals surface area (Å²) in [5, 5.41) is 4.26. The minimum Gasteiger partial charge on any atom is -0.493 e.